The van der Waals surface area contributed by atoms with Crippen LogP contribution in [0.2, 0.25) is 0 Å². The molecule has 88 valence electrons. The Balaban J connectivity index is 2.60. The summed E-state index contributed by atoms with van der Waals surface area (Å²) in [6, 6.07) is 6.90. The molecule has 0 aliphatic carbocycles. The maximum Gasteiger partial charge on any atom is 0.351 e. The molecular weight excluding hydrogens is 335 g/mol. The Labute approximate surface area is 111 Å². The normalized spacial score (nSPS) is 10.5. The van der Waals surface area contributed by atoms with Crippen molar-refractivity contribution in [2.24, 2.45) is 0 Å². The molecule has 17 heavy (non-hydrogen) atoms. The highest BCUT2D eigenvalue weighted by molar-refractivity contribution is 14.1. The lowest BCUT2D eigenvalue weighted by Gasteiger charge is -2.02. The molecule has 0 bridgehead atoms. The summed E-state index contributed by atoms with van der Waals surface area (Å²) >= 11 is 2.12. The summed E-state index contributed by atoms with van der Waals surface area (Å²) < 4.78 is 10.8. The summed E-state index contributed by atoms with van der Waals surface area (Å²) in [5.41, 5.74) is -0.270. The molecule has 4 nitrogen and oxygen atoms in total. The fourth-order valence-electron chi connectivity index (χ4n) is 1.44. The molecule has 0 spiro atoms. The zero-order valence-electron chi connectivity index (χ0n) is 9.03. The smallest absolute Gasteiger partial charge is 0.351 e. The maximum atomic E-state index is 11.6. The third-order valence-electron chi connectivity index (χ3n) is 2.19. The summed E-state index contributed by atoms with van der Waals surface area (Å²) in [5.74, 6) is -0.651. The van der Waals surface area contributed by atoms with Crippen molar-refractivity contribution >= 4 is 39.5 Å². The van der Waals surface area contributed by atoms with Gasteiger partial charge >= 0.3 is 11.6 Å². The van der Waals surface area contributed by atoms with Crippen LogP contribution in [-0.2, 0) is 4.74 Å². The van der Waals surface area contributed by atoms with Crippen LogP contribution in [0.25, 0.3) is 11.0 Å². The van der Waals surface area contributed by atoms with Gasteiger partial charge in [0, 0.05) is 8.96 Å². The fraction of sp³-hybridized carbons (Fsp3) is 0.167. The van der Waals surface area contributed by atoms with Crippen LogP contribution in [0.4, 0.5) is 0 Å². The molecule has 0 fully saturated rings. The average molecular weight is 344 g/mol. The van der Waals surface area contributed by atoms with E-state index in [1.165, 1.54) is 6.07 Å². The van der Waals surface area contributed by atoms with Gasteiger partial charge in [-0.1, -0.05) is 6.07 Å². The molecule has 2 rings (SSSR count). The van der Waals surface area contributed by atoms with Crippen LogP contribution < -0.4 is 5.63 Å². The summed E-state index contributed by atoms with van der Waals surface area (Å²) in [7, 11) is 0. The molecule has 0 aliphatic rings. The highest BCUT2D eigenvalue weighted by atomic mass is 127. The minimum atomic E-state index is -0.669. The highest BCUT2D eigenvalue weighted by Gasteiger charge is 2.14. The molecule has 5 heteroatoms. The number of carbonyl (C=O) groups excluding carboxylic acids is 1. The van der Waals surface area contributed by atoms with Gasteiger partial charge in [-0.05, 0) is 47.7 Å². The van der Waals surface area contributed by atoms with Gasteiger partial charge in [0.25, 0.3) is 0 Å². The Bertz CT molecular complexity index is 630. The van der Waals surface area contributed by atoms with Crippen LogP contribution in [0.5, 0.6) is 0 Å². The lowest BCUT2D eigenvalue weighted by Crippen LogP contribution is -2.16. The van der Waals surface area contributed by atoms with E-state index in [9.17, 15) is 9.59 Å². The third-order valence-corrected chi connectivity index (χ3v) is 2.86. The SMILES string of the molecule is CCOC(=O)c1cc2ccc(I)cc2oc1=O. The number of rotatable bonds is 2. The van der Waals surface area contributed by atoms with Crippen LogP contribution in [0.15, 0.2) is 33.5 Å². The lowest BCUT2D eigenvalue weighted by molar-refractivity contribution is 0.0522. The number of benzene rings is 1. The van der Waals surface area contributed by atoms with Crippen LogP contribution in [0.3, 0.4) is 0 Å². The monoisotopic (exact) mass is 344 g/mol. The number of esters is 1. The van der Waals surface area contributed by atoms with Crippen LogP contribution >= 0.6 is 22.6 Å². The average Bonchev–Trinajstić information content (AvgIpc) is 2.28. The minimum Gasteiger partial charge on any atom is -0.462 e. The molecule has 1 aromatic carbocycles. The first-order chi connectivity index (χ1) is 8.11. The van der Waals surface area contributed by atoms with Gasteiger partial charge in [-0.3, -0.25) is 0 Å². The molecule has 0 saturated carbocycles. The second-order valence-corrected chi connectivity index (χ2v) is 4.60. The molecule has 2 aromatic rings. The minimum absolute atomic E-state index is 0.0689. The quantitative estimate of drug-likeness (QED) is 0.477. The summed E-state index contributed by atoms with van der Waals surface area (Å²) in [5, 5.41) is 0.702. The summed E-state index contributed by atoms with van der Waals surface area (Å²) in [6.07, 6.45) is 0. The van der Waals surface area contributed by atoms with Crippen molar-refractivity contribution in [3.63, 3.8) is 0 Å². The predicted molar refractivity (Wildman–Crippen MR) is 71.2 cm³/mol. The molecule has 0 atom stereocenters. The van der Waals surface area contributed by atoms with Gasteiger partial charge in [0.1, 0.15) is 11.1 Å². The van der Waals surface area contributed by atoms with Gasteiger partial charge in [-0.15, -0.1) is 0 Å². The van der Waals surface area contributed by atoms with E-state index in [2.05, 4.69) is 22.6 Å². The van der Waals surface area contributed by atoms with E-state index in [1.807, 2.05) is 6.07 Å². The molecule has 0 aliphatic heterocycles. The van der Waals surface area contributed by atoms with Crippen molar-refractivity contribution in [3.8, 4) is 0 Å². The van der Waals surface area contributed by atoms with Gasteiger partial charge in [-0.2, -0.15) is 0 Å². The van der Waals surface area contributed by atoms with E-state index in [-0.39, 0.29) is 12.2 Å². The molecule has 1 aromatic heterocycles. The second-order valence-electron chi connectivity index (χ2n) is 3.35. The first-order valence-electron chi connectivity index (χ1n) is 5.02. The predicted octanol–water partition coefficient (Wildman–Crippen LogP) is 2.57. The third kappa shape index (κ3) is 2.49. The molecular formula is C12H9IO4. The second kappa shape index (κ2) is 4.87. The Kier molecular flexibility index (Phi) is 3.46. The van der Waals surface area contributed by atoms with Crippen molar-refractivity contribution in [3.05, 3.63) is 43.8 Å². The largest absolute Gasteiger partial charge is 0.462 e. The van der Waals surface area contributed by atoms with E-state index in [0.29, 0.717) is 11.0 Å². The van der Waals surface area contributed by atoms with Gasteiger partial charge in [0.05, 0.1) is 6.61 Å². The van der Waals surface area contributed by atoms with E-state index < -0.39 is 11.6 Å². The van der Waals surface area contributed by atoms with Crippen LogP contribution in [0.1, 0.15) is 17.3 Å². The van der Waals surface area contributed by atoms with Crippen molar-refractivity contribution in [2.75, 3.05) is 6.61 Å². The van der Waals surface area contributed by atoms with E-state index >= 15 is 0 Å². The van der Waals surface area contributed by atoms with Crippen molar-refractivity contribution in [1.29, 1.82) is 0 Å². The Morgan fingerprint density at radius 1 is 1.41 bits per heavy atom. The molecule has 0 unspecified atom stereocenters. The van der Waals surface area contributed by atoms with Gasteiger partial charge in [0.15, 0.2) is 0 Å². The molecule has 0 radical (unpaired) electrons. The Morgan fingerprint density at radius 3 is 2.88 bits per heavy atom. The summed E-state index contributed by atoms with van der Waals surface area (Å²) in [4.78, 5) is 23.1. The van der Waals surface area contributed by atoms with E-state index in [4.69, 9.17) is 9.15 Å². The van der Waals surface area contributed by atoms with Crippen molar-refractivity contribution in [1.82, 2.24) is 0 Å². The lowest BCUT2D eigenvalue weighted by atomic mass is 10.2. The van der Waals surface area contributed by atoms with Crippen LogP contribution in [-0.4, -0.2) is 12.6 Å². The zero-order chi connectivity index (χ0) is 12.4. The number of halogens is 1. The molecule has 0 amide bonds. The van der Waals surface area contributed by atoms with Crippen molar-refractivity contribution < 1.29 is 13.9 Å². The van der Waals surface area contributed by atoms with Gasteiger partial charge in [0.2, 0.25) is 0 Å². The van der Waals surface area contributed by atoms with Gasteiger partial charge in [-0.25, -0.2) is 9.59 Å². The number of hydrogen-bond acceptors (Lipinski definition) is 4. The Morgan fingerprint density at radius 2 is 2.18 bits per heavy atom. The topological polar surface area (TPSA) is 56.5 Å². The van der Waals surface area contributed by atoms with E-state index in [0.717, 1.165) is 3.57 Å². The first-order valence-corrected chi connectivity index (χ1v) is 6.10. The zero-order valence-corrected chi connectivity index (χ0v) is 11.2. The summed E-state index contributed by atoms with van der Waals surface area (Å²) in [6.45, 7) is 1.91. The van der Waals surface area contributed by atoms with E-state index in [1.54, 1.807) is 19.1 Å². The number of hydrogen-bond donors (Lipinski definition) is 0. The highest BCUT2D eigenvalue weighted by Crippen LogP contribution is 2.17. The molecule has 1 heterocycles. The standard InChI is InChI=1S/C12H9IO4/c1-2-16-11(14)9-5-7-3-4-8(13)6-10(7)17-12(9)15/h3-6H,2H2,1H3. The van der Waals surface area contributed by atoms with Gasteiger partial charge < -0.3 is 9.15 Å². The number of fused-ring (bicyclic) bond motifs is 1. The first kappa shape index (κ1) is 12.1. The number of ether oxygens (including phenoxy) is 1. The fourth-order valence-corrected chi connectivity index (χ4v) is 1.90. The van der Waals surface area contributed by atoms with Crippen LogP contribution in [0, 0.1) is 3.57 Å². The maximum absolute atomic E-state index is 11.6. The molecule has 0 N–H and O–H groups in total. The number of carbonyl (C=O) groups is 1. The molecule has 0 saturated heterocycles. The Hall–Kier alpha value is -1.37. The van der Waals surface area contributed by atoms with Crippen molar-refractivity contribution in [2.45, 2.75) is 6.92 Å².